The number of pyridine rings is 1. The molecule has 0 aliphatic carbocycles. The molecule has 8 nitrogen and oxygen atoms in total. The second kappa shape index (κ2) is 10.7. The summed E-state index contributed by atoms with van der Waals surface area (Å²) in [6.45, 7) is -1.36. The van der Waals surface area contributed by atoms with Crippen LogP contribution in [0.5, 0.6) is 5.88 Å². The van der Waals surface area contributed by atoms with Crippen LogP contribution < -0.4 is 9.46 Å². The van der Waals surface area contributed by atoms with Crippen LogP contribution >= 0.6 is 0 Å². The quantitative estimate of drug-likeness (QED) is 0.530. The number of hydrogen-bond acceptors (Lipinski definition) is 6. The molecule has 16 heteroatoms. The van der Waals surface area contributed by atoms with Gasteiger partial charge in [-0.15, -0.1) is 0 Å². The van der Waals surface area contributed by atoms with E-state index in [1.54, 1.807) is 0 Å². The molecule has 0 saturated carbocycles. The number of carbonyl (C=O) groups excluding carboxylic acids is 1. The maximum Gasteiger partial charge on any atom is 0.434 e. The molecule has 1 fully saturated rings. The van der Waals surface area contributed by atoms with E-state index >= 15 is 0 Å². The van der Waals surface area contributed by atoms with Crippen molar-refractivity contribution in [3.63, 3.8) is 0 Å². The number of ether oxygens (including phenoxy) is 1. The maximum absolute atomic E-state index is 14.0. The lowest BCUT2D eigenvalue weighted by atomic mass is 10.1. The highest BCUT2D eigenvalue weighted by Crippen LogP contribution is 2.35. The summed E-state index contributed by atoms with van der Waals surface area (Å²) >= 11 is 0. The Labute approximate surface area is 212 Å². The van der Waals surface area contributed by atoms with Crippen LogP contribution in [0.1, 0.15) is 45.6 Å². The van der Waals surface area contributed by atoms with Gasteiger partial charge in [-0.05, 0) is 44.2 Å². The van der Waals surface area contributed by atoms with E-state index in [9.17, 15) is 49.2 Å². The lowest BCUT2D eigenvalue weighted by molar-refractivity contribution is -0.142. The fourth-order valence-electron chi connectivity index (χ4n) is 3.78. The third-order valence-electron chi connectivity index (χ3n) is 5.80. The van der Waals surface area contributed by atoms with Gasteiger partial charge in [0.25, 0.3) is 5.91 Å². The standard InChI is InChI=1S/C22H19F7N4O4S/c1-31-38(35,36)15-4-6-33(7-5-15)20(34)16-9-12(10-30)19(32-18(16)22(27,28)29)37-11-13-8-14(21(24,25)26)2-3-17(13)23/h2-3,8-9,15,31H,4-7,11H2,1H3. The van der Waals surface area contributed by atoms with Crippen molar-refractivity contribution in [3.05, 3.63) is 58.0 Å². The van der Waals surface area contributed by atoms with Crippen molar-refractivity contribution in [3.8, 4) is 11.9 Å². The van der Waals surface area contributed by atoms with Gasteiger partial charge in [0.2, 0.25) is 15.9 Å². The summed E-state index contributed by atoms with van der Waals surface area (Å²) in [7, 11) is -2.44. The second-order valence-electron chi connectivity index (χ2n) is 8.18. The molecule has 206 valence electrons. The van der Waals surface area contributed by atoms with E-state index in [4.69, 9.17) is 4.74 Å². The van der Waals surface area contributed by atoms with Crippen molar-refractivity contribution in [2.24, 2.45) is 0 Å². The van der Waals surface area contributed by atoms with E-state index < -0.39 is 79.8 Å². The van der Waals surface area contributed by atoms with Crippen LogP contribution in [0.3, 0.4) is 0 Å². The molecule has 1 aromatic carbocycles. The summed E-state index contributed by atoms with van der Waals surface area (Å²) in [6.07, 6.45) is -10.1. The van der Waals surface area contributed by atoms with Crippen molar-refractivity contribution in [1.82, 2.24) is 14.6 Å². The van der Waals surface area contributed by atoms with Crippen LogP contribution in [0.2, 0.25) is 0 Å². The molecule has 1 aliphatic rings. The predicted molar refractivity (Wildman–Crippen MR) is 117 cm³/mol. The number of hydrogen-bond donors (Lipinski definition) is 1. The molecular weight excluding hydrogens is 549 g/mol. The minimum atomic E-state index is -5.22. The summed E-state index contributed by atoms with van der Waals surface area (Å²) in [5.74, 6) is -3.26. The largest absolute Gasteiger partial charge is 0.472 e. The van der Waals surface area contributed by atoms with Gasteiger partial charge in [-0.25, -0.2) is 22.5 Å². The number of piperidine rings is 1. The van der Waals surface area contributed by atoms with E-state index in [0.29, 0.717) is 24.3 Å². The molecule has 1 saturated heterocycles. The average molecular weight is 568 g/mol. The van der Waals surface area contributed by atoms with Crippen LogP contribution in [-0.4, -0.2) is 49.6 Å². The van der Waals surface area contributed by atoms with Gasteiger partial charge in [-0.2, -0.15) is 31.6 Å². The second-order valence-corrected chi connectivity index (χ2v) is 10.3. The Kier molecular flexibility index (Phi) is 8.22. The Morgan fingerprint density at radius 2 is 1.79 bits per heavy atom. The lowest BCUT2D eigenvalue weighted by Crippen LogP contribution is -2.45. The zero-order valence-corrected chi connectivity index (χ0v) is 20.3. The normalized spacial score (nSPS) is 15.3. The molecule has 1 aliphatic heterocycles. The molecule has 0 radical (unpaired) electrons. The van der Waals surface area contributed by atoms with E-state index in [1.807, 2.05) is 0 Å². The minimum absolute atomic E-state index is 0.0431. The van der Waals surface area contributed by atoms with Crippen molar-refractivity contribution in [1.29, 1.82) is 5.26 Å². The highest BCUT2D eigenvalue weighted by Gasteiger charge is 2.41. The van der Waals surface area contributed by atoms with Gasteiger partial charge >= 0.3 is 12.4 Å². The van der Waals surface area contributed by atoms with E-state index in [1.165, 1.54) is 13.1 Å². The highest BCUT2D eigenvalue weighted by atomic mass is 32.2. The molecule has 2 aromatic rings. The number of nitriles is 1. The first kappa shape index (κ1) is 29.1. The van der Waals surface area contributed by atoms with Gasteiger partial charge in [-0.3, -0.25) is 4.79 Å². The van der Waals surface area contributed by atoms with Gasteiger partial charge in [-0.1, -0.05) is 0 Å². The molecule has 0 spiro atoms. The number of aromatic nitrogens is 1. The number of benzene rings is 1. The molecule has 2 heterocycles. The van der Waals surface area contributed by atoms with Gasteiger partial charge in [0.05, 0.1) is 16.4 Å². The summed E-state index contributed by atoms with van der Waals surface area (Å²) in [4.78, 5) is 17.2. The molecule has 1 amide bonds. The number of likely N-dealkylation sites (tertiary alicyclic amines) is 1. The van der Waals surface area contributed by atoms with Crippen molar-refractivity contribution < 1.29 is 48.7 Å². The number of sulfonamides is 1. The Hall–Kier alpha value is -3.45. The summed E-state index contributed by atoms with van der Waals surface area (Å²) < 4.78 is 125. The summed E-state index contributed by atoms with van der Waals surface area (Å²) in [6, 6.07) is 3.46. The number of alkyl halides is 6. The van der Waals surface area contributed by atoms with Crippen LogP contribution in [0, 0.1) is 17.1 Å². The average Bonchev–Trinajstić information content (AvgIpc) is 2.86. The maximum atomic E-state index is 14.0. The topological polar surface area (TPSA) is 112 Å². The van der Waals surface area contributed by atoms with Crippen molar-refractivity contribution in [2.45, 2.75) is 37.1 Å². The number of carbonyl (C=O) groups is 1. The van der Waals surface area contributed by atoms with Crippen LogP contribution in [0.15, 0.2) is 24.3 Å². The Morgan fingerprint density at radius 1 is 1.16 bits per heavy atom. The van der Waals surface area contributed by atoms with Crippen LogP contribution in [0.4, 0.5) is 30.7 Å². The van der Waals surface area contributed by atoms with Gasteiger partial charge in [0, 0.05) is 18.7 Å². The fraction of sp³-hybridized carbons (Fsp3) is 0.409. The molecule has 0 atom stereocenters. The Morgan fingerprint density at radius 3 is 2.32 bits per heavy atom. The van der Waals surface area contributed by atoms with E-state index in [-0.39, 0.29) is 25.9 Å². The van der Waals surface area contributed by atoms with E-state index in [0.717, 1.165) is 4.90 Å². The monoisotopic (exact) mass is 568 g/mol. The number of nitrogens with one attached hydrogen (secondary N) is 1. The summed E-state index contributed by atoms with van der Waals surface area (Å²) in [5.41, 5.74) is -5.26. The lowest BCUT2D eigenvalue weighted by Gasteiger charge is -2.32. The smallest absolute Gasteiger partial charge is 0.434 e. The van der Waals surface area contributed by atoms with Crippen LogP contribution in [-0.2, 0) is 29.0 Å². The van der Waals surface area contributed by atoms with Crippen LogP contribution in [0.25, 0.3) is 0 Å². The van der Waals surface area contributed by atoms with Crippen molar-refractivity contribution in [2.75, 3.05) is 20.1 Å². The van der Waals surface area contributed by atoms with Gasteiger partial charge < -0.3 is 9.64 Å². The third kappa shape index (κ3) is 6.33. The number of halogens is 7. The first-order valence-corrected chi connectivity index (χ1v) is 12.4. The molecule has 0 bridgehead atoms. The molecule has 38 heavy (non-hydrogen) atoms. The molecule has 1 N–H and O–H groups in total. The first-order valence-electron chi connectivity index (χ1n) is 10.8. The molecule has 3 rings (SSSR count). The zero-order chi connectivity index (χ0) is 28.5. The van der Waals surface area contributed by atoms with Crippen molar-refractivity contribution >= 4 is 15.9 Å². The molecule has 0 unspecified atom stereocenters. The van der Waals surface area contributed by atoms with E-state index in [2.05, 4.69) is 9.71 Å². The van der Waals surface area contributed by atoms with Gasteiger partial charge in [0.1, 0.15) is 24.1 Å². The zero-order valence-electron chi connectivity index (χ0n) is 19.5. The fourth-order valence-corrected chi connectivity index (χ4v) is 4.94. The third-order valence-corrected chi connectivity index (χ3v) is 7.72. The number of nitrogens with zero attached hydrogens (tertiary/aromatic N) is 3. The SMILES string of the molecule is CNS(=O)(=O)C1CCN(C(=O)c2cc(C#N)c(OCc3cc(C(F)(F)F)ccc3F)nc2C(F)(F)F)CC1. The Balaban J connectivity index is 1.91. The molecular formula is C22H19F7N4O4S. The first-order chi connectivity index (χ1) is 17.6. The predicted octanol–water partition coefficient (Wildman–Crippen LogP) is 3.86. The summed E-state index contributed by atoms with van der Waals surface area (Å²) in [5, 5.41) is 8.56. The highest BCUT2D eigenvalue weighted by molar-refractivity contribution is 7.90. The Bertz CT molecular complexity index is 1360. The molecule has 1 aromatic heterocycles. The van der Waals surface area contributed by atoms with Gasteiger partial charge in [0.15, 0.2) is 5.69 Å². The number of rotatable bonds is 6. The minimum Gasteiger partial charge on any atom is -0.472 e. The number of amides is 1.